The van der Waals surface area contributed by atoms with Crippen LogP contribution in [0.15, 0.2) is 53.8 Å². The number of likely N-dealkylation sites (tertiary alicyclic amines) is 1. The average molecular weight is 470 g/mol. The van der Waals surface area contributed by atoms with Gasteiger partial charge in [0.15, 0.2) is 5.82 Å². The Bertz CT molecular complexity index is 1050. The van der Waals surface area contributed by atoms with Crippen LogP contribution in [0.25, 0.3) is 10.9 Å². The first-order valence-corrected chi connectivity index (χ1v) is 12.6. The number of piperidine rings is 1. The van der Waals surface area contributed by atoms with E-state index in [9.17, 15) is 9.50 Å². The number of fused-ring (bicyclic) bond motifs is 1. The molecule has 1 aromatic carbocycles. The predicted octanol–water partition coefficient (Wildman–Crippen LogP) is 4.82. The molecular weight excluding hydrogens is 437 g/mol. The minimum atomic E-state index is -0.255. The Morgan fingerprint density at radius 3 is 2.91 bits per heavy atom. The van der Waals surface area contributed by atoms with Gasteiger partial charge in [0.25, 0.3) is 0 Å². The number of aliphatic hydroxyl groups is 1. The largest absolute Gasteiger partial charge is 0.497 e. The minimum absolute atomic E-state index is 0.221. The molecule has 7 heteroatoms. The third-order valence-electron chi connectivity index (χ3n) is 6.64. The first-order chi connectivity index (χ1) is 16.2. The monoisotopic (exact) mass is 469 g/mol. The summed E-state index contributed by atoms with van der Waals surface area (Å²) in [4.78, 5) is 11.0. The molecular formula is C26H32FN3O2S. The van der Waals surface area contributed by atoms with Crippen molar-refractivity contribution in [1.29, 1.82) is 0 Å². The van der Waals surface area contributed by atoms with E-state index >= 15 is 0 Å². The fourth-order valence-electron chi connectivity index (χ4n) is 4.78. The maximum Gasteiger partial charge on any atom is 0.155 e. The van der Waals surface area contributed by atoms with Gasteiger partial charge in [-0.25, -0.2) is 9.37 Å². The van der Waals surface area contributed by atoms with Crippen LogP contribution in [0.2, 0.25) is 0 Å². The van der Waals surface area contributed by atoms with E-state index in [1.807, 2.05) is 18.3 Å². The van der Waals surface area contributed by atoms with Crippen LogP contribution in [0.5, 0.6) is 5.75 Å². The Kier molecular flexibility index (Phi) is 8.53. The van der Waals surface area contributed by atoms with Gasteiger partial charge >= 0.3 is 0 Å². The second kappa shape index (κ2) is 11.8. The molecule has 0 bridgehead atoms. The number of halogens is 1. The van der Waals surface area contributed by atoms with E-state index in [0.29, 0.717) is 16.9 Å². The van der Waals surface area contributed by atoms with Gasteiger partial charge in [-0.15, -0.1) is 11.8 Å². The van der Waals surface area contributed by atoms with E-state index < -0.39 is 0 Å². The number of pyridine rings is 2. The number of aryl methyl sites for hydroxylation is 1. The molecule has 1 aliphatic heterocycles. The lowest BCUT2D eigenvalue weighted by molar-refractivity contribution is 0.0710. The first-order valence-electron chi connectivity index (χ1n) is 11.7. The number of hydrogen-bond acceptors (Lipinski definition) is 6. The molecule has 1 saturated heterocycles. The third-order valence-corrected chi connectivity index (χ3v) is 7.60. The summed E-state index contributed by atoms with van der Waals surface area (Å²) >= 11 is 1.46. The Balaban J connectivity index is 1.26. The molecule has 0 unspecified atom stereocenters. The summed E-state index contributed by atoms with van der Waals surface area (Å²) in [6.45, 7) is 3.04. The summed E-state index contributed by atoms with van der Waals surface area (Å²) in [5, 5.41) is 11.6. The van der Waals surface area contributed by atoms with Crippen LogP contribution in [0, 0.1) is 17.7 Å². The van der Waals surface area contributed by atoms with Crippen LogP contribution in [-0.2, 0) is 6.42 Å². The Morgan fingerprint density at radius 1 is 1.18 bits per heavy atom. The quantitative estimate of drug-likeness (QED) is 0.430. The highest BCUT2D eigenvalue weighted by molar-refractivity contribution is 7.99. The van der Waals surface area contributed by atoms with Crippen LogP contribution >= 0.6 is 11.8 Å². The number of methoxy groups -OCH3 is 1. The average Bonchev–Trinajstić information content (AvgIpc) is 2.85. The molecule has 1 fully saturated rings. The summed E-state index contributed by atoms with van der Waals surface area (Å²) in [6.07, 6.45) is 7.81. The zero-order chi connectivity index (χ0) is 23.0. The highest BCUT2D eigenvalue weighted by Crippen LogP contribution is 2.30. The van der Waals surface area contributed by atoms with Gasteiger partial charge in [-0.05, 0) is 86.0 Å². The van der Waals surface area contributed by atoms with E-state index in [4.69, 9.17) is 4.74 Å². The molecule has 176 valence electrons. The number of aromatic nitrogens is 2. The van der Waals surface area contributed by atoms with Crippen LogP contribution in [0.4, 0.5) is 4.39 Å². The molecule has 0 saturated carbocycles. The maximum atomic E-state index is 13.7. The van der Waals surface area contributed by atoms with Crippen molar-refractivity contribution in [3.63, 3.8) is 0 Å². The van der Waals surface area contributed by atoms with E-state index in [1.54, 1.807) is 19.4 Å². The van der Waals surface area contributed by atoms with Crippen molar-refractivity contribution in [2.24, 2.45) is 11.8 Å². The second-order valence-corrected chi connectivity index (χ2v) is 9.76. The molecule has 0 spiro atoms. The molecule has 33 heavy (non-hydrogen) atoms. The molecule has 2 aromatic heterocycles. The molecule has 0 radical (unpaired) electrons. The van der Waals surface area contributed by atoms with Crippen molar-refractivity contribution in [1.82, 2.24) is 14.9 Å². The molecule has 4 rings (SSSR count). The SMILES string of the molecule is COc1ccc2nccc(CCC[C@@H]3CCN(CCSc4ncccc4F)C[C@@H]3CO)c2c1. The van der Waals surface area contributed by atoms with Crippen molar-refractivity contribution in [3.05, 3.63) is 60.2 Å². The van der Waals surface area contributed by atoms with Crippen LogP contribution in [0.1, 0.15) is 24.8 Å². The summed E-state index contributed by atoms with van der Waals surface area (Å²) in [5.74, 6) is 2.23. The number of ether oxygens (including phenoxy) is 1. The smallest absolute Gasteiger partial charge is 0.155 e. The van der Waals surface area contributed by atoms with E-state index in [-0.39, 0.29) is 12.4 Å². The minimum Gasteiger partial charge on any atom is -0.497 e. The molecule has 0 amide bonds. The number of rotatable bonds is 10. The summed E-state index contributed by atoms with van der Waals surface area (Å²) < 4.78 is 19.1. The predicted molar refractivity (Wildman–Crippen MR) is 131 cm³/mol. The number of aliphatic hydroxyl groups excluding tert-OH is 1. The van der Waals surface area contributed by atoms with Crippen molar-refractivity contribution >= 4 is 22.7 Å². The molecule has 3 heterocycles. The molecule has 3 aromatic rings. The van der Waals surface area contributed by atoms with Crippen LogP contribution in [0.3, 0.4) is 0 Å². The highest BCUT2D eigenvalue weighted by Gasteiger charge is 2.28. The van der Waals surface area contributed by atoms with Crippen LogP contribution < -0.4 is 4.74 Å². The summed E-state index contributed by atoms with van der Waals surface area (Å²) in [7, 11) is 1.69. The lowest BCUT2D eigenvalue weighted by Crippen LogP contribution is -2.42. The zero-order valence-electron chi connectivity index (χ0n) is 19.1. The second-order valence-electron chi connectivity index (χ2n) is 8.68. The molecule has 5 nitrogen and oxygen atoms in total. The molecule has 1 aliphatic rings. The van der Waals surface area contributed by atoms with Crippen LogP contribution in [-0.4, -0.2) is 59.1 Å². The Labute approximate surface area is 199 Å². The van der Waals surface area contributed by atoms with E-state index in [2.05, 4.69) is 27.0 Å². The lowest BCUT2D eigenvalue weighted by atomic mass is 9.82. The topological polar surface area (TPSA) is 58.5 Å². The van der Waals surface area contributed by atoms with Crippen molar-refractivity contribution in [2.75, 3.05) is 39.1 Å². The van der Waals surface area contributed by atoms with Crippen molar-refractivity contribution in [3.8, 4) is 5.75 Å². The highest BCUT2D eigenvalue weighted by atomic mass is 32.2. The van der Waals surface area contributed by atoms with Gasteiger partial charge in [-0.3, -0.25) is 4.98 Å². The normalized spacial score (nSPS) is 19.1. The van der Waals surface area contributed by atoms with Gasteiger partial charge in [-0.2, -0.15) is 0 Å². The van der Waals surface area contributed by atoms with Crippen molar-refractivity contribution < 1.29 is 14.2 Å². The number of hydrogen-bond donors (Lipinski definition) is 1. The van der Waals surface area contributed by atoms with E-state index in [1.165, 1.54) is 23.4 Å². The van der Waals surface area contributed by atoms with Gasteiger partial charge < -0.3 is 14.7 Å². The van der Waals surface area contributed by atoms with Gasteiger partial charge in [0.2, 0.25) is 0 Å². The molecule has 0 aliphatic carbocycles. The van der Waals surface area contributed by atoms with E-state index in [0.717, 1.165) is 67.7 Å². The summed E-state index contributed by atoms with van der Waals surface area (Å²) in [5.41, 5.74) is 2.30. The zero-order valence-corrected chi connectivity index (χ0v) is 19.9. The maximum absolute atomic E-state index is 13.7. The van der Waals surface area contributed by atoms with Gasteiger partial charge in [-0.1, -0.05) is 0 Å². The molecule has 2 atom stereocenters. The first kappa shape index (κ1) is 23.9. The summed E-state index contributed by atoms with van der Waals surface area (Å²) in [6, 6.07) is 11.2. The standard InChI is InChI=1S/C26H32FN3O2S/c1-32-22-7-8-25-23(16-22)20(9-12-28-25)5-2-4-19-10-13-30(17-21(19)18-31)14-15-33-26-24(27)6-3-11-29-26/h3,6-9,11-12,16,19,21,31H,2,4-5,10,13-15,17-18H2,1H3/t19-,21-/m1/s1. The van der Waals surface area contributed by atoms with Crippen molar-refractivity contribution in [2.45, 2.75) is 30.7 Å². The number of benzene rings is 1. The van der Waals surface area contributed by atoms with Gasteiger partial charge in [0.05, 0.1) is 12.6 Å². The third kappa shape index (κ3) is 6.22. The fourth-order valence-corrected chi connectivity index (χ4v) is 5.66. The van der Waals surface area contributed by atoms with Gasteiger partial charge in [0, 0.05) is 43.2 Å². The number of thioether (sulfide) groups is 1. The molecule has 1 N–H and O–H groups in total. The Morgan fingerprint density at radius 2 is 2.09 bits per heavy atom. The number of nitrogens with zero attached hydrogens (tertiary/aromatic N) is 3. The lowest BCUT2D eigenvalue weighted by Gasteiger charge is -2.38. The Hall–Kier alpha value is -2.22. The fraction of sp³-hybridized carbons (Fsp3) is 0.462. The van der Waals surface area contributed by atoms with Gasteiger partial charge in [0.1, 0.15) is 10.8 Å².